The Balaban J connectivity index is 1.81. The van der Waals surface area contributed by atoms with Crippen LogP contribution in [-0.4, -0.2) is 70.5 Å². The van der Waals surface area contributed by atoms with Gasteiger partial charge in [0.2, 0.25) is 0 Å². The molecule has 8 heteroatoms. The molecule has 1 atom stereocenters. The third-order valence-corrected chi connectivity index (χ3v) is 4.05. The maximum atomic E-state index is 12.1. The largest absolute Gasteiger partial charge is 0.481 e. The molecule has 1 aliphatic heterocycles. The molecule has 1 N–H and O–H groups in total. The molecule has 1 unspecified atom stereocenters. The number of carbonyl (C=O) groups is 2. The number of hydrogen-bond acceptors (Lipinski definition) is 6. The van der Waals surface area contributed by atoms with E-state index < -0.39 is 17.5 Å². The summed E-state index contributed by atoms with van der Waals surface area (Å²) in [5, 5.41) is 13.2. The Labute approximate surface area is 147 Å². The summed E-state index contributed by atoms with van der Waals surface area (Å²) in [6.07, 6.45) is 0.142. The predicted octanol–water partition coefficient (Wildman–Crippen LogP) is 2.09. The van der Waals surface area contributed by atoms with Gasteiger partial charge in [-0.1, -0.05) is 5.16 Å². The molecule has 0 spiro atoms. The number of carboxylic acid groups (broad SMARTS) is 1. The number of amides is 1. The fourth-order valence-corrected chi connectivity index (χ4v) is 2.73. The lowest BCUT2D eigenvalue weighted by Gasteiger charge is -2.35. The number of ether oxygens (including phenoxy) is 1. The van der Waals surface area contributed by atoms with Crippen molar-refractivity contribution in [3.05, 3.63) is 17.5 Å². The van der Waals surface area contributed by atoms with Gasteiger partial charge in [0.05, 0.1) is 5.69 Å². The van der Waals surface area contributed by atoms with E-state index in [9.17, 15) is 14.7 Å². The third kappa shape index (κ3) is 5.74. The van der Waals surface area contributed by atoms with Crippen LogP contribution in [0, 0.1) is 6.92 Å². The van der Waals surface area contributed by atoms with Crippen LogP contribution < -0.4 is 0 Å². The Morgan fingerprint density at radius 1 is 1.32 bits per heavy atom. The first-order valence-electron chi connectivity index (χ1n) is 8.52. The molecule has 2 rings (SSSR count). The number of carboxylic acids is 1. The van der Waals surface area contributed by atoms with Crippen molar-refractivity contribution in [1.29, 1.82) is 0 Å². The van der Waals surface area contributed by atoms with Crippen molar-refractivity contribution in [1.82, 2.24) is 15.0 Å². The second kappa shape index (κ2) is 7.86. The topological polar surface area (TPSA) is 96.1 Å². The molecular formula is C17H27N3O5. The fourth-order valence-electron chi connectivity index (χ4n) is 2.73. The van der Waals surface area contributed by atoms with Crippen LogP contribution in [-0.2, 0) is 9.53 Å². The molecule has 1 aliphatic rings. The van der Waals surface area contributed by atoms with Crippen LogP contribution in [0.2, 0.25) is 0 Å². The monoisotopic (exact) mass is 353 g/mol. The number of rotatable bonds is 5. The Morgan fingerprint density at radius 2 is 1.96 bits per heavy atom. The summed E-state index contributed by atoms with van der Waals surface area (Å²) in [4.78, 5) is 27.4. The maximum absolute atomic E-state index is 12.1. The number of aromatic nitrogens is 1. The van der Waals surface area contributed by atoms with Crippen LogP contribution in [0.5, 0.6) is 0 Å². The van der Waals surface area contributed by atoms with Gasteiger partial charge in [-0.05, 0) is 40.7 Å². The highest BCUT2D eigenvalue weighted by molar-refractivity contribution is 5.75. The normalized spacial score (nSPS) is 17.4. The average Bonchev–Trinajstić information content (AvgIpc) is 2.92. The van der Waals surface area contributed by atoms with Gasteiger partial charge < -0.3 is 19.3 Å². The van der Waals surface area contributed by atoms with Crippen molar-refractivity contribution >= 4 is 12.1 Å². The van der Waals surface area contributed by atoms with Gasteiger partial charge >= 0.3 is 12.1 Å². The van der Waals surface area contributed by atoms with Crippen molar-refractivity contribution in [3.8, 4) is 0 Å². The van der Waals surface area contributed by atoms with Crippen LogP contribution in [0.4, 0.5) is 4.79 Å². The lowest BCUT2D eigenvalue weighted by atomic mass is 10.0. The molecule has 140 valence electrons. The molecule has 0 saturated carbocycles. The highest BCUT2D eigenvalue weighted by Crippen LogP contribution is 2.22. The summed E-state index contributed by atoms with van der Waals surface area (Å²) in [6, 6.07) is 1.67. The highest BCUT2D eigenvalue weighted by Gasteiger charge is 2.28. The van der Waals surface area contributed by atoms with Crippen molar-refractivity contribution in [2.24, 2.45) is 0 Å². The van der Waals surface area contributed by atoms with E-state index in [0.717, 1.165) is 0 Å². The van der Waals surface area contributed by atoms with Gasteiger partial charge in [-0.15, -0.1) is 0 Å². The zero-order chi connectivity index (χ0) is 18.6. The molecule has 1 saturated heterocycles. The van der Waals surface area contributed by atoms with E-state index in [1.165, 1.54) is 0 Å². The van der Waals surface area contributed by atoms with Crippen LogP contribution in [0.15, 0.2) is 10.6 Å². The summed E-state index contributed by atoms with van der Waals surface area (Å²) < 4.78 is 10.5. The number of carbonyl (C=O) groups excluding carboxylic acids is 1. The first kappa shape index (κ1) is 19.2. The van der Waals surface area contributed by atoms with Gasteiger partial charge in [0.25, 0.3) is 0 Å². The molecule has 8 nitrogen and oxygen atoms in total. The number of aryl methyl sites for hydroxylation is 1. The van der Waals surface area contributed by atoms with Crippen LogP contribution in [0.1, 0.15) is 44.6 Å². The van der Waals surface area contributed by atoms with Crippen LogP contribution in [0.25, 0.3) is 0 Å². The van der Waals surface area contributed by atoms with Crippen molar-refractivity contribution in [2.45, 2.75) is 45.6 Å². The molecule has 1 aromatic rings. The molecule has 1 aromatic heterocycles. The average molecular weight is 353 g/mol. The molecule has 1 amide bonds. The van der Waals surface area contributed by atoms with E-state index in [4.69, 9.17) is 9.26 Å². The minimum absolute atomic E-state index is 0.298. The van der Waals surface area contributed by atoms with Gasteiger partial charge in [-0.25, -0.2) is 4.79 Å². The minimum atomic E-state index is -0.913. The van der Waals surface area contributed by atoms with Gasteiger partial charge in [0, 0.05) is 32.2 Å². The van der Waals surface area contributed by atoms with E-state index in [-0.39, 0.29) is 6.09 Å². The highest BCUT2D eigenvalue weighted by atomic mass is 16.6. The molecule has 1 fully saturated rings. The molecular weight excluding hydrogens is 326 g/mol. The van der Waals surface area contributed by atoms with Crippen LogP contribution >= 0.6 is 0 Å². The first-order chi connectivity index (χ1) is 11.7. The second-order valence-corrected chi connectivity index (χ2v) is 7.36. The first-order valence-corrected chi connectivity index (χ1v) is 8.52. The lowest BCUT2D eigenvalue weighted by Crippen LogP contribution is -2.50. The number of nitrogens with zero attached hydrogens (tertiary/aromatic N) is 3. The molecule has 2 heterocycles. The Kier molecular flexibility index (Phi) is 6.05. The zero-order valence-corrected chi connectivity index (χ0v) is 15.3. The van der Waals surface area contributed by atoms with E-state index in [0.29, 0.717) is 50.6 Å². The summed E-state index contributed by atoms with van der Waals surface area (Å²) >= 11 is 0. The number of piperazine rings is 1. The van der Waals surface area contributed by atoms with Gasteiger partial charge in [0.1, 0.15) is 11.5 Å². The second-order valence-electron chi connectivity index (χ2n) is 7.36. The smallest absolute Gasteiger partial charge is 0.410 e. The summed E-state index contributed by atoms with van der Waals surface area (Å²) in [5.41, 5.74) is 0.172. The van der Waals surface area contributed by atoms with Crippen molar-refractivity contribution < 1.29 is 24.0 Å². The van der Waals surface area contributed by atoms with Crippen molar-refractivity contribution in [3.63, 3.8) is 0 Å². The zero-order valence-electron chi connectivity index (χ0n) is 15.3. The molecule has 0 aromatic carbocycles. The standard InChI is InChI=1S/C17H27N3O5/c1-12-11-14(25-18-12)13(15(21)22)5-6-19-7-9-20(10-8-19)16(23)24-17(2,3)4/h11,13H,5-10H2,1-4H3,(H,21,22). The fraction of sp³-hybridized carbons (Fsp3) is 0.706. The van der Waals surface area contributed by atoms with E-state index in [1.807, 2.05) is 20.8 Å². The molecule has 0 bridgehead atoms. The quantitative estimate of drug-likeness (QED) is 0.866. The van der Waals surface area contributed by atoms with Gasteiger partial charge in [-0.2, -0.15) is 0 Å². The Bertz CT molecular complexity index is 600. The molecule has 25 heavy (non-hydrogen) atoms. The van der Waals surface area contributed by atoms with Crippen LogP contribution in [0.3, 0.4) is 0 Å². The minimum Gasteiger partial charge on any atom is -0.481 e. The molecule has 0 aliphatic carbocycles. The Morgan fingerprint density at radius 3 is 2.44 bits per heavy atom. The summed E-state index contributed by atoms with van der Waals surface area (Å²) in [6.45, 7) is 10.5. The SMILES string of the molecule is Cc1cc(C(CCN2CCN(C(=O)OC(C)(C)C)CC2)C(=O)O)on1. The lowest BCUT2D eigenvalue weighted by molar-refractivity contribution is -0.139. The Hall–Kier alpha value is -2.09. The summed E-state index contributed by atoms with van der Waals surface area (Å²) in [7, 11) is 0. The number of hydrogen-bond donors (Lipinski definition) is 1. The third-order valence-electron chi connectivity index (χ3n) is 4.05. The van der Waals surface area contributed by atoms with E-state index in [1.54, 1.807) is 17.9 Å². The van der Waals surface area contributed by atoms with E-state index >= 15 is 0 Å². The maximum Gasteiger partial charge on any atom is 0.410 e. The van der Waals surface area contributed by atoms with Gasteiger partial charge in [0.15, 0.2) is 5.76 Å². The van der Waals surface area contributed by atoms with Crippen molar-refractivity contribution in [2.75, 3.05) is 32.7 Å². The molecule has 0 radical (unpaired) electrons. The summed E-state index contributed by atoms with van der Waals surface area (Å²) in [5.74, 6) is -1.23. The number of aliphatic carboxylic acids is 1. The predicted molar refractivity (Wildman–Crippen MR) is 90.5 cm³/mol. The van der Waals surface area contributed by atoms with E-state index in [2.05, 4.69) is 10.1 Å². The van der Waals surface area contributed by atoms with Gasteiger partial charge in [-0.3, -0.25) is 9.69 Å².